The maximum Gasteiger partial charge on any atom is 0.261 e. The number of anilines is 1. The summed E-state index contributed by atoms with van der Waals surface area (Å²) in [6.07, 6.45) is 3.05. The zero-order chi connectivity index (χ0) is 23.9. The summed E-state index contributed by atoms with van der Waals surface area (Å²) in [7, 11) is 0. The van der Waals surface area contributed by atoms with Gasteiger partial charge in [-0.15, -0.1) is 11.3 Å². The first kappa shape index (κ1) is 24.0. The van der Waals surface area contributed by atoms with Crippen molar-refractivity contribution in [3.05, 3.63) is 87.1 Å². The molecule has 1 aliphatic heterocycles. The first-order chi connectivity index (χ1) is 16.5. The topological polar surface area (TPSA) is 78.5 Å². The van der Waals surface area contributed by atoms with Crippen LogP contribution in [0.2, 0.25) is 4.34 Å². The van der Waals surface area contributed by atoms with Gasteiger partial charge in [0.05, 0.1) is 15.3 Å². The zero-order valence-electron chi connectivity index (χ0n) is 18.6. The molecule has 1 aliphatic rings. The largest absolute Gasteiger partial charge is 0.350 e. The van der Waals surface area contributed by atoms with Crippen LogP contribution in [0.5, 0.6) is 0 Å². The van der Waals surface area contributed by atoms with Crippen LogP contribution in [0.3, 0.4) is 0 Å². The number of piperidine rings is 1. The molecule has 0 radical (unpaired) electrons. The molecule has 34 heavy (non-hydrogen) atoms. The minimum atomic E-state index is -0.301. The molecule has 8 heteroatoms. The predicted molar refractivity (Wildman–Crippen MR) is 136 cm³/mol. The number of carbonyl (C=O) groups is 3. The molecule has 1 unspecified atom stereocenters. The highest BCUT2D eigenvalue weighted by Gasteiger charge is 2.20. The van der Waals surface area contributed by atoms with Crippen molar-refractivity contribution < 1.29 is 14.4 Å². The Morgan fingerprint density at radius 2 is 1.74 bits per heavy atom. The van der Waals surface area contributed by atoms with Crippen LogP contribution in [0.25, 0.3) is 0 Å². The third kappa shape index (κ3) is 6.24. The number of hydrogen-bond acceptors (Lipinski definition) is 4. The summed E-state index contributed by atoms with van der Waals surface area (Å²) < 4.78 is 0.549. The van der Waals surface area contributed by atoms with Gasteiger partial charge in [0.1, 0.15) is 0 Å². The molecule has 0 aliphatic carbocycles. The molecule has 2 N–H and O–H groups in total. The number of nitrogens with zero attached hydrogens (tertiary/aromatic N) is 1. The lowest BCUT2D eigenvalue weighted by molar-refractivity contribution is -0.119. The van der Waals surface area contributed by atoms with Crippen molar-refractivity contribution in [2.45, 2.75) is 31.7 Å². The molecule has 0 spiro atoms. The summed E-state index contributed by atoms with van der Waals surface area (Å²) >= 11 is 7.19. The highest BCUT2D eigenvalue weighted by Crippen LogP contribution is 2.22. The summed E-state index contributed by atoms with van der Waals surface area (Å²) in [5.41, 5.74) is 2.37. The van der Waals surface area contributed by atoms with Crippen LogP contribution in [0.1, 0.15) is 44.9 Å². The minimum absolute atomic E-state index is 0.120. The number of thiophene rings is 1. The fraction of sp³-hybridized carbons (Fsp3) is 0.269. The van der Waals surface area contributed by atoms with Gasteiger partial charge in [0.15, 0.2) is 0 Å². The summed E-state index contributed by atoms with van der Waals surface area (Å²) in [6, 6.07) is 20.0. The fourth-order valence-corrected chi connectivity index (χ4v) is 4.90. The highest BCUT2D eigenvalue weighted by molar-refractivity contribution is 7.18. The second-order valence-corrected chi connectivity index (χ2v) is 9.94. The fourth-order valence-electron chi connectivity index (χ4n) is 3.96. The van der Waals surface area contributed by atoms with Crippen LogP contribution in [0, 0.1) is 0 Å². The third-order valence-electron chi connectivity index (χ3n) is 5.73. The average molecular weight is 496 g/mol. The first-order valence-electron chi connectivity index (χ1n) is 11.3. The van der Waals surface area contributed by atoms with Crippen molar-refractivity contribution in [2.24, 2.45) is 0 Å². The van der Waals surface area contributed by atoms with Gasteiger partial charge in [0.2, 0.25) is 5.91 Å². The van der Waals surface area contributed by atoms with E-state index in [-0.39, 0.29) is 30.3 Å². The molecule has 3 aromatic rings. The number of hydrogen-bond donors (Lipinski definition) is 2. The molecular formula is C26H26ClN3O3S. The van der Waals surface area contributed by atoms with Crippen molar-refractivity contribution >= 4 is 46.3 Å². The maximum atomic E-state index is 12.8. The van der Waals surface area contributed by atoms with Crippen molar-refractivity contribution in [2.75, 3.05) is 18.0 Å². The van der Waals surface area contributed by atoms with Gasteiger partial charge in [-0.2, -0.15) is 0 Å². The summed E-state index contributed by atoms with van der Waals surface area (Å²) in [5, 5.41) is 5.95. The molecule has 176 valence electrons. The normalized spacial score (nSPS) is 14.5. The molecule has 2 heterocycles. The Bertz CT molecular complexity index is 1150. The van der Waals surface area contributed by atoms with Crippen molar-refractivity contribution in [3.63, 3.8) is 0 Å². The smallest absolute Gasteiger partial charge is 0.261 e. The van der Waals surface area contributed by atoms with Crippen molar-refractivity contribution in [3.8, 4) is 0 Å². The van der Waals surface area contributed by atoms with E-state index in [1.54, 1.807) is 29.2 Å². The van der Waals surface area contributed by atoms with Gasteiger partial charge in [-0.1, -0.05) is 41.9 Å². The lowest BCUT2D eigenvalue weighted by Gasteiger charge is -2.26. The van der Waals surface area contributed by atoms with Gasteiger partial charge < -0.3 is 15.5 Å². The minimum Gasteiger partial charge on any atom is -0.350 e. The van der Waals surface area contributed by atoms with E-state index in [1.807, 2.05) is 42.5 Å². The van der Waals surface area contributed by atoms with Crippen LogP contribution in [-0.4, -0.2) is 36.9 Å². The SMILES string of the molecule is O=C(NCC(Cc1ccccc1)NC(=O)c1ccc(Cl)s1)c1ccc(N2CCCCC2=O)cc1. The molecular weight excluding hydrogens is 470 g/mol. The molecule has 2 aromatic carbocycles. The van der Waals surface area contributed by atoms with E-state index in [9.17, 15) is 14.4 Å². The third-order valence-corrected chi connectivity index (χ3v) is 6.96. The van der Waals surface area contributed by atoms with Crippen LogP contribution in [-0.2, 0) is 11.2 Å². The van der Waals surface area contributed by atoms with Gasteiger partial charge in [0.25, 0.3) is 11.8 Å². The number of benzene rings is 2. The summed E-state index contributed by atoms with van der Waals surface area (Å²) in [5.74, 6) is -0.333. The monoisotopic (exact) mass is 495 g/mol. The second kappa shape index (κ2) is 11.3. The molecule has 4 rings (SSSR count). The Labute approximate surface area is 207 Å². The van der Waals surface area contributed by atoms with Crippen LogP contribution in [0.4, 0.5) is 5.69 Å². The van der Waals surface area contributed by atoms with E-state index in [0.29, 0.717) is 34.2 Å². The van der Waals surface area contributed by atoms with Gasteiger partial charge in [0, 0.05) is 30.8 Å². The Kier molecular flexibility index (Phi) is 7.98. The van der Waals surface area contributed by atoms with Crippen LogP contribution in [0.15, 0.2) is 66.7 Å². The molecule has 3 amide bonds. The van der Waals surface area contributed by atoms with E-state index in [2.05, 4.69) is 10.6 Å². The Balaban J connectivity index is 1.40. The zero-order valence-corrected chi connectivity index (χ0v) is 20.2. The van der Waals surface area contributed by atoms with E-state index < -0.39 is 0 Å². The van der Waals surface area contributed by atoms with Gasteiger partial charge in [-0.25, -0.2) is 0 Å². The second-order valence-electron chi connectivity index (χ2n) is 8.22. The van der Waals surface area contributed by atoms with Gasteiger partial charge >= 0.3 is 0 Å². The molecule has 1 saturated heterocycles. The van der Waals surface area contributed by atoms with Gasteiger partial charge in [-0.3, -0.25) is 14.4 Å². The Morgan fingerprint density at radius 3 is 2.41 bits per heavy atom. The number of halogens is 1. The first-order valence-corrected chi connectivity index (χ1v) is 12.5. The number of nitrogens with one attached hydrogen (secondary N) is 2. The molecule has 0 bridgehead atoms. The van der Waals surface area contributed by atoms with Crippen molar-refractivity contribution in [1.82, 2.24) is 10.6 Å². The Hall–Kier alpha value is -3.16. The summed E-state index contributed by atoms with van der Waals surface area (Å²) in [6.45, 7) is 0.978. The van der Waals surface area contributed by atoms with E-state index in [0.717, 1.165) is 24.1 Å². The number of rotatable bonds is 8. The van der Waals surface area contributed by atoms with E-state index in [4.69, 9.17) is 11.6 Å². The van der Waals surface area contributed by atoms with Crippen molar-refractivity contribution in [1.29, 1.82) is 0 Å². The predicted octanol–water partition coefficient (Wildman–Crippen LogP) is 4.69. The van der Waals surface area contributed by atoms with Gasteiger partial charge in [-0.05, 0) is 61.2 Å². The quantitative estimate of drug-likeness (QED) is 0.476. The lowest BCUT2D eigenvalue weighted by Crippen LogP contribution is -2.44. The van der Waals surface area contributed by atoms with Crippen LogP contribution < -0.4 is 15.5 Å². The molecule has 0 saturated carbocycles. The van der Waals surface area contributed by atoms with E-state index in [1.165, 1.54) is 11.3 Å². The molecule has 1 fully saturated rings. The molecule has 1 atom stereocenters. The average Bonchev–Trinajstić information content (AvgIpc) is 3.30. The highest BCUT2D eigenvalue weighted by atomic mass is 35.5. The van der Waals surface area contributed by atoms with Crippen LogP contribution >= 0.6 is 22.9 Å². The summed E-state index contributed by atoms with van der Waals surface area (Å²) in [4.78, 5) is 39.9. The Morgan fingerprint density at radius 1 is 0.971 bits per heavy atom. The number of amides is 3. The standard InChI is InChI=1S/C26H26ClN3O3S/c27-23-14-13-22(34-23)26(33)29-20(16-18-6-2-1-3-7-18)17-28-25(32)19-9-11-21(12-10-19)30-15-5-4-8-24(30)31/h1-3,6-7,9-14,20H,4-5,8,15-17H2,(H,28,32)(H,29,33). The molecule has 6 nitrogen and oxygen atoms in total. The number of carbonyl (C=O) groups excluding carboxylic acids is 3. The molecule has 1 aromatic heterocycles. The van der Waals surface area contributed by atoms with E-state index >= 15 is 0 Å². The maximum absolute atomic E-state index is 12.8. The lowest BCUT2D eigenvalue weighted by atomic mass is 10.1.